The highest BCUT2D eigenvalue weighted by atomic mass is 35.5. The van der Waals surface area contributed by atoms with Crippen molar-refractivity contribution in [2.45, 2.75) is 5.37 Å². The number of rotatable bonds is 2. The van der Waals surface area contributed by atoms with Crippen molar-refractivity contribution in [2.75, 3.05) is 10.7 Å². The third-order valence-corrected chi connectivity index (χ3v) is 5.09. The van der Waals surface area contributed by atoms with Crippen LogP contribution in [0.1, 0.15) is 10.9 Å². The van der Waals surface area contributed by atoms with Gasteiger partial charge in [-0.1, -0.05) is 35.9 Å². The summed E-state index contributed by atoms with van der Waals surface area (Å²) in [7, 11) is 0. The first-order valence-electron chi connectivity index (χ1n) is 6.86. The van der Waals surface area contributed by atoms with Gasteiger partial charge in [-0.2, -0.15) is 0 Å². The third-order valence-electron chi connectivity index (χ3n) is 3.63. The summed E-state index contributed by atoms with van der Waals surface area (Å²) in [5.74, 6) is 1.10. The quantitative estimate of drug-likeness (QED) is 0.773. The SMILES string of the molecule is O=C1CSC(c2ccc(Cl)cc2)N1c1nc2ccccc2[nH]1. The number of imidazole rings is 1. The summed E-state index contributed by atoms with van der Waals surface area (Å²) in [5.41, 5.74) is 2.83. The number of benzene rings is 2. The molecule has 1 fully saturated rings. The first kappa shape index (κ1) is 13.7. The molecule has 0 aliphatic carbocycles. The van der Waals surface area contributed by atoms with Gasteiger partial charge in [-0.05, 0) is 29.8 Å². The van der Waals surface area contributed by atoms with E-state index in [0.717, 1.165) is 16.6 Å². The standard InChI is InChI=1S/C16H12ClN3OS/c17-11-7-5-10(6-8-11)15-20(14(21)9-22-15)16-18-12-3-1-2-4-13(12)19-16/h1-8,15H,9H2,(H,18,19). The zero-order valence-electron chi connectivity index (χ0n) is 11.5. The minimum atomic E-state index is -0.0784. The molecule has 110 valence electrons. The van der Waals surface area contributed by atoms with E-state index in [9.17, 15) is 4.79 Å². The number of fused-ring (bicyclic) bond motifs is 1. The molecule has 0 saturated carbocycles. The van der Waals surface area contributed by atoms with Gasteiger partial charge in [0.05, 0.1) is 16.8 Å². The van der Waals surface area contributed by atoms with E-state index in [-0.39, 0.29) is 11.3 Å². The van der Waals surface area contributed by atoms with Crippen LogP contribution in [0.25, 0.3) is 11.0 Å². The third kappa shape index (κ3) is 2.26. The Hall–Kier alpha value is -1.98. The molecule has 1 amide bonds. The monoisotopic (exact) mass is 329 g/mol. The molecule has 1 aromatic heterocycles. The lowest BCUT2D eigenvalue weighted by molar-refractivity contribution is -0.115. The van der Waals surface area contributed by atoms with Crippen LogP contribution in [-0.2, 0) is 4.79 Å². The Kier molecular flexibility index (Phi) is 3.32. The molecule has 2 heterocycles. The normalized spacial score (nSPS) is 18.3. The van der Waals surface area contributed by atoms with Crippen LogP contribution in [0.3, 0.4) is 0 Å². The fourth-order valence-corrected chi connectivity index (χ4v) is 3.86. The number of nitrogens with one attached hydrogen (secondary N) is 1. The number of amides is 1. The molecule has 4 rings (SSSR count). The number of carbonyl (C=O) groups excluding carboxylic acids is 1. The minimum Gasteiger partial charge on any atom is -0.324 e. The van der Waals surface area contributed by atoms with Gasteiger partial charge in [0.15, 0.2) is 0 Å². The number of hydrogen-bond donors (Lipinski definition) is 1. The summed E-state index contributed by atoms with van der Waals surface area (Å²) in [6.07, 6.45) is 0. The van der Waals surface area contributed by atoms with Crippen LogP contribution in [0.15, 0.2) is 48.5 Å². The van der Waals surface area contributed by atoms with Crippen LogP contribution in [0, 0.1) is 0 Å². The van der Waals surface area contributed by atoms with E-state index in [1.165, 1.54) is 0 Å². The van der Waals surface area contributed by atoms with Gasteiger partial charge in [0.25, 0.3) is 0 Å². The zero-order chi connectivity index (χ0) is 15.1. The first-order valence-corrected chi connectivity index (χ1v) is 8.29. The van der Waals surface area contributed by atoms with E-state index >= 15 is 0 Å². The van der Waals surface area contributed by atoms with Crippen LogP contribution in [0.5, 0.6) is 0 Å². The van der Waals surface area contributed by atoms with Gasteiger partial charge in [0.2, 0.25) is 11.9 Å². The van der Waals surface area contributed by atoms with E-state index in [1.807, 2.05) is 48.5 Å². The number of H-pyrrole nitrogens is 1. The Bertz CT molecular complexity index is 813. The van der Waals surface area contributed by atoms with E-state index in [1.54, 1.807) is 16.7 Å². The lowest BCUT2D eigenvalue weighted by Crippen LogP contribution is -2.28. The van der Waals surface area contributed by atoms with E-state index in [4.69, 9.17) is 11.6 Å². The average molecular weight is 330 g/mol. The van der Waals surface area contributed by atoms with Crippen LogP contribution in [0.4, 0.5) is 5.95 Å². The molecule has 2 aromatic carbocycles. The highest BCUT2D eigenvalue weighted by Crippen LogP contribution is 2.41. The number of aromatic amines is 1. The van der Waals surface area contributed by atoms with Gasteiger partial charge in [-0.3, -0.25) is 9.69 Å². The molecule has 3 aromatic rings. The Morgan fingerprint density at radius 3 is 2.73 bits per heavy atom. The molecule has 1 aliphatic rings. The van der Waals surface area contributed by atoms with Crippen molar-refractivity contribution in [1.29, 1.82) is 0 Å². The lowest BCUT2D eigenvalue weighted by Gasteiger charge is -2.21. The number of thioether (sulfide) groups is 1. The van der Waals surface area contributed by atoms with Gasteiger partial charge in [0, 0.05) is 5.02 Å². The second kappa shape index (κ2) is 5.34. The Morgan fingerprint density at radius 2 is 1.95 bits per heavy atom. The van der Waals surface area contributed by atoms with Crippen molar-refractivity contribution >= 4 is 46.3 Å². The highest BCUT2D eigenvalue weighted by molar-refractivity contribution is 8.00. The van der Waals surface area contributed by atoms with Crippen molar-refractivity contribution in [1.82, 2.24) is 9.97 Å². The first-order chi connectivity index (χ1) is 10.7. The number of hydrogen-bond acceptors (Lipinski definition) is 3. The maximum atomic E-state index is 12.3. The number of nitrogens with zero attached hydrogens (tertiary/aromatic N) is 2. The van der Waals surface area contributed by atoms with Crippen molar-refractivity contribution in [2.24, 2.45) is 0 Å². The average Bonchev–Trinajstić information content (AvgIpc) is 3.11. The summed E-state index contributed by atoms with van der Waals surface area (Å²) < 4.78 is 0. The Balaban J connectivity index is 1.76. The van der Waals surface area contributed by atoms with Crippen molar-refractivity contribution in [3.8, 4) is 0 Å². The molecule has 1 atom stereocenters. The Morgan fingerprint density at radius 1 is 1.18 bits per heavy atom. The maximum absolute atomic E-state index is 12.3. The topological polar surface area (TPSA) is 49.0 Å². The predicted molar refractivity (Wildman–Crippen MR) is 90.2 cm³/mol. The summed E-state index contributed by atoms with van der Waals surface area (Å²) in [6, 6.07) is 15.4. The fraction of sp³-hybridized carbons (Fsp3) is 0.125. The number of anilines is 1. The van der Waals surface area contributed by atoms with E-state index in [0.29, 0.717) is 16.7 Å². The van der Waals surface area contributed by atoms with E-state index in [2.05, 4.69) is 9.97 Å². The summed E-state index contributed by atoms with van der Waals surface area (Å²) in [6.45, 7) is 0. The Labute approximate surface area is 136 Å². The molecular weight excluding hydrogens is 318 g/mol. The summed E-state index contributed by atoms with van der Waals surface area (Å²) in [5, 5.41) is 0.610. The highest BCUT2D eigenvalue weighted by Gasteiger charge is 2.35. The van der Waals surface area contributed by atoms with Crippen LogP contribution in [0.2, 0.25) is 5.02 Å². The number of halogens is 1. The number of para-hydroxylation sites is 2. The van der Waals surface area contributed by atoms with Crippen LogP contribution in [-0.4, -0.2) is 21.6 Å². The minimum absolute atomic E-state index is 0.0593. The maximum Gasteiger partial charge on any atom is 0.240 e. The van der Waals surface area contributed by atoms with Crippen molar-refractivity contribution < 1.29 is 4.79 Å². The van der Waals surface area contributed by atoms with Crippen LogP contribution >= 0.6 is 23.4 Å². The van der Waals surface area contributed by atoms with Crippen molar-refractivity contribution in [3.05, 3.63) is 59.1 Å². The molecule has 6 heteroatoms. The molecule has 0 radical (unpaired) electrons. The molecule has 1 aliphatic heterocycles. The molecular formula is C16H12ClN3OS. The molecule has 0 spiro atoms. The summed E-state index contributed by atoms with van der Waals surface area (Å²) >= 11 is 7.54. The largest absolute Gasteiger partial charge is 0.324 e. The molecule has 22 heavy (non-hydrogen) atoms. The fourth-order valence-electron chi connectivity index (χ4n) is 2.58. The van der Waals surface area contributed by atoms with Gasteiger partial charge in [-0.15, -0.1) is 11.8 Å². The van der Waals surface area contributed by atoms with Gasteiger partial charge in [-0.25, -0.2) is 4.98 Å². The summed E-state index contributed by atoms with van der Waals surface area (Å²) in [4.78, 5) is 21.8. The molecule has 1 saturated heterocycles. The van der Waals surface area contributed by atoms with E-state index < -0.39 is 0 Å². The molecule has 0 bridgehead atoms. The van der Waals surface area contributed by atoms with Gasteiger partial charge in [0.1, 0.15) is 5.37 Å². The second-order valence-corrected chi connectivity index (χ2v) is 6.56. The van der Waals surface area contributed by atoms with Gasteiger partial charge < -0.3 is 4.98 Å². The number of carbonyl (C=O) groups is 1. The molecule has 1 unspecified atom stereocenters. The predicted octanol–water partition coefficient (Wildman–Crippen LogP) is 3.99. The number of aromatic nitrogens is 2. The van der Waals surface area contributed by atoms with Gasteiger partial charge >= 0.3 is 0 Å². The zero-order valence-corrected chi connectivity index (χ0v) is 13.1. The second-order valence-electron chi connectivity index (χ2n) is 5.06. The smallest absolute Gasteiger partial charge is 0.240 e. The van der Waals surface area contributed by atoms with Crippen molar-refractivity contribution in [3.63, 3.8) is 0 Å². The lowest BCUT2D eigenvalue weighted by atomic mass is 10.2. The van der Waals surface area contributed by atoms with Crippen LogP contribution < -0.4 is 4.90 Å². The molecule has 1 N–H and O–H groups in total. The molecule has 4 nitrogen and oxygen atoms in total.